The highest BCUT2D eigenvalue weighted by atomic mass is 16.3. The minimum Gasteiger partial charge on any atom is -0.389 e. The Morgan fingerprint density at radius 1 is 1.31 bits per heavy atom. The molecule has 84 valence electrons. The molecule has 1 heterocycles. The van der Waals surface area contributed by atoms with Crippen molar-refractivity contribution in [2.45, 2.75) is 26.4 Å². The van der Waals surface area contributed by atoms with Gasteiger partial charge in [0.2, 0.25) is 0 Å². The molecule has 0 fully saturated rings. The third kappa shape index (κ3) is 1.99. The summed E-state index contributed by atoms with van der Waals surface area (Å²) in [5, 5.41) is 9.43. The van der Waals surface area contributed by atoms with Crippen LogP contribution in [0, 0.1) is 0 Å². The molecule has 0 aliphatic carbocycles. The van der Waals surface area contributed by atoms with Crippen molar-refractivity contribution in [1.82, 2.24) is 9.55 Å². The van der Waals surface area contributed by atoms with Crippen molar-refractivity contribution >= 4 is 0 Å². The highest BCUT2D eigenvalue weighted by molar-refractivity contribution is 5.36. The molecule has 2 aromatic rings. The Morgan fingerprint density at radius 3 is 2.56 bits per heavy atom. The zero-order valence-corrected chi connectivity index (χ0v) is 9.59. The predicted molar refractivity (Wildman–Crippen MR) is 63.6 cm³/mol. The average Bonchev–Trinajstić information content (AvgIpc) is 2.77. The Labute approximate surface area is 95.4 Å². The van der Waals surface area contributed by atoms with Gasteiger partial charge >= 0.3 is 0 Å². The van der Waals surface area contributed by atoms with Crippen LogP contribution in [0.3, 0.4) is 0 Å². The van der Waals surface area contributed by atoms with Gasteiger partial charge in [0, 0.05) is 24.5 Å². The fraction of sp³-hybridized carbons (Fsp3) is 0.308. The van der Waals surface area contributed by atoms with Crippen molar-refractivity contribution in [2.75, 3.05) is 0 Å². The van der Waals surface area contributed by atoms with Crippen LogP contribution >= 0.6 is 0 Å². The summed E-state index contributed by atoms with van der Waals surface area (Å²) in [7, 11) is 0. The monoisotopic (exact) mass is 216 g/mol. The zero-order chi connectivity index (χ0) is 11.5. The maximum absolute atomic E-state index is 9.43. The molecule has 0 unspecified atom stereocenters. The van der Waals surface area contributed by atoms with E-state index in [-0.39, 0.29) is 0 Å². The summed E-state index contributed by atoms with van der Waals surface area (Å²) < 4.78 is 2.06. The lowest BCUT2D eigenvalue weighted by molar-refractivity contribution is 0.199. The largest absolute Gasteiger partial charge is 0.389 e. The van der Waals surface area contributed by atoms with Crippen LogP contribution in [0.1, 0.15) is 31.3 Å². The minimum atomic E-state index is -0.414. The van der Waals surface area contributed by atoms with E-state index in [1.54, 1.807) is 13.1 Å². The molecule has 0 amide bonds. The lowest BCUT2D eigenvalue weighted by Crippen LogP contribution is -1.99. The van der Waals surface area contributed by atoms with Gasteiger partial charge in [-0.1, -0.05) is 19.1 Å². The van der Waals surface area contributed by atoms with Crippen LogP contribution in [0.15, 0.2) is 36.7 Å². The maximum atomic E-state index is 9.43. The standard InChI is InChI=1S/C13H16N2O/c1-3-13-14-8-9-15(13)12-6-4-11(5-7-12)10(2)16/h4-10,16H,3H2,1-2H3/t10-/m1/s1. The summed E-state index contributed by atoms with van der Waals surface area (Å²) >= 11 is 0. The Bertz CT molecular complexity index is 457. The van der Waals surface area contributed by atoms with Crippen molar-refractivity contribution in [1.29, 1.82) is 0 Å². The molecule has 3 heteroatoms. The second kappa shape index (κ2) is 4.49. The Balaban J connectivity index is 2.35. The quantitative estimate of drug-likeness (QED) is 0.856. The first-order chi connectivity index (χ1) is 7.72. The van der Waals surface area contributed by atoms with E-state index >= 15 is 0 Å². The number of rotatable bonds is 3. The molecular weight excluding hydrogens is 200 g/mol. The summed E-state index contributed by atoms with van der Waals surface area (Å²) in [6, 6.07) is 7.89. The number of imidazole rings is 1. The molecule has 0 bridgehead atoms. The second-order valence-corrected chi connectivity index (χ2v) is 3.83. The lowest BCUT2D eigenvalue weighted by atomic mass is 10.1. The first kappa shape index (κ1) is 10.9. The van der Waals surface area contributed by atoms with E-state index in [4.69, 9.17) is 0 Å². The topological polar surface area (TPSA) is 38.0 Å². The Morgan fingerprint density at radius 2 is 2.00 bits per heavy atom. The third-order valence-electron chi connectivity index (χ3n) is 2.69. The normalized spacial score (nSPS) is 12.7. The van der Waals surface area contributed by atoms with E-state index in [2.05, 4.69) is 16.5 Å². The van der Waals surface area contributed by atoms with Crippen molar-refractivity contribution in [3.05, 3.63) is 48.0 Å². The molecule has 3 nitrogen and oxygen atoms in total. The van der Waals surface area contributed by atoms with Crippen LogP contribution in [0.2, 0.25) is 0 Å². The first-order valence-corrected chi connectivity index (χ1v) is 5.53. The first-order valence-electron chi connectivity index (χ1n) is 5.53. The summed E-state index contributed by atoms with van der Waals surface area (Å²) in [4.78, 5) is 4.28. The van der Waals surface area contributed by atoms with Gasteiger partial charge < -0.3 is 9.67 Å². The average molecular weight is 216 g/mol. The van der Waals surface area contributed by atoms with Crippen LogP contribution < -0.4 is 0 Å². The molecular formula is C13H16N2O. The van der Waals surface area contributed by atoms with Crippen LogP contribution in [0.5, 0.6) is 0 Å². The van der Waals surface area contributed by atoms with Gasteiger partial charge in [-0.2, -0.15) is 0 Å². The number of aromatic nitrogens is 2. The van der Waals surface area contributed by atoms with Gasteiger partial charge in [-0.15, -0.1) is 0 Å². The van der Waals surface area contributed by atoms with Gasteiger partial charge in [-0.05, 0) is 24.6 Å². The highest BCUT2D eigenvalue weighted by Gasteiger charge is 2.04. The Hall–Kier alpha value is -1.61. The molecule has 2 rings (SSSR count). The number of aliphatic hydroxyl groups excluding tert-OH is 1. The van der Waals surface area contributed by atoms with Gasteiger partial charge in [0.25, 0.3) is 0 Å². The molecule has 0 spiro atoms. The van der Waals surface area contributed by atoms with Crippen LogP contribution in [0.4, 0.5) is 0 Å². The van der Waals surface area contributed by atoms with Crippen LogP contribution in [-0.2, 0) is 6.42 Å². The molecule has 0 aliphatic heterocycles. The van der Waals surface area contributed by atoms with Crippen molar-refractivity contribution in [3.8, 4) is 5.69 Å². The fourth-order valence-electron chi connectivity index (χ4n) is 1.74. The van der Waals surface area contributed by atoms with E-state index in [9.17, 15) is 5.11 Å². The van der Waals surface area contributed by atoms with Gasteiger partial charge in [0.1, 0.15) is 5.82 Å². The number of aryl methyl sites for hydroxylation is 1. The zero-order valence-electron chi connectivity index (χ0n) is 9.59. The van der Waals surface area contributed by atoms with Gasteiger partial charge in [0.15, 0.2) is 0 Å². The highest BCUT2D eigenvalue weighted by Crippen LogP contribution is 2.16. The molecule has 1 atom stereocenters. The number of hydrogen-bond donors (Lipinski definition) is 1. The van der Waals surface area contributed by atoms with Crippen molar-refractivity contribution < 1.29 is 5.11 Å². The van der Waals surface area contributed by atoms with E-state index < -0.39 is 6.10 Å². The number of aliphatic hydroxyl groups is 1. The molecule has 1 N–H and O–H groups in total. The second-order valence-electron chi connectivity index (χ2n) is 3.83. The van der Waals surface area contributed by atoms with Gasteiger partial charge in [-0.3, -0.25) is 0 Å². The number of nitrogens with zero attached hydrogens (tertiary/aromatic N) is 2. The molecule has 0 radical (unpaired) electrons. The lowest BCUT2D eigenvalue weighted by Gasteiger charge is -2.09. The van der Waals surface area contributed by atoms with Gasteiger partial charge in [0.05, 0.1) is 6.10 Å². The number of benzene rings is 1. The van der Waals surface area contributed by atoms with Crippen LogP contribution in [0.25, 0.3) is 5.69 Å². The van der Waals surface area contributed by atoms with E-state index in [0.717, 1.165) is 23.5 Å². The number of hydrogen-bond acceptors (Lipinski definition) is 2. The summed E-state index contributed by atoms with van der Waals surface area (Å²) in [5.41, 5.74) is 2.01. The van der Waals surface area contributed by atoms with E-state index in [1.165, 1.54) is 0 Å². The summed E-state index contributed by atoms with van der Waals surface area (Å²) in [6.07, 6.45) is 4.26. The third-order valence-corrected chi connectivity index (χ3v) is 2.69. The van der Waals surface area contributed by atoms with Crippen molar-refractivity contribution in [3.63, 3.8) is 0 Å². The molecule has 1 aromatic carbocycles. The van der Waals surface area contributed by atoms with E-state index in [0.29, 0.717) is 0 Å². The molecule has 1 aromatic heterocycles. The summed E-state index contributed by atoms with van der Waals surface area (Å²) in [6.45, 7) is 3.85. The molecule has 0 saturated heterocycles. The van der Waals surface area contributed by atoms with Gasteiger partial charge in [-0.25, -0.2) is 4.98 Å². The molecule has 16 heavy (non-hydrogen) atoms. The smallest absolute Gasteiger partial charge is 0.112 e. The maximum Gasteiger partial charge on any atom is 0.112 e. The molecule has 0 saturated carbocycles. The molecule has 0 aliphatic rings. The fourth-order valence-corrected chi connectivity index (χ4v) is 1.74. The summed E-state index contributed by atoms with van der Waals surface area (Å²) in [5.74, 6) is 1.05. The Kier molecular flexibility index (Phi) is 3.06. The SMILES string of the molecule is CCc1nccn1-c1ccc([C@@H](C)O)cc1. The van der Waals surface area contributed by atoms with E-state index in [1.807, 2.05) is 30.5 Å². The predicted octanol–water partition coefficient (Wildman–Crippen LogP) is 2.49. The van der Waals surface area contributed by atoms with Crippen LogP contribution in [-0.4, -0.2) is 14.7 Å². The minimum absolute atomic E-state index is 0.414. The van der Waals surface area contributed by atoms with Crippen molar-refractivity contribution in [2.24, 2.45) is 0 Å².